The molecule has 2 aliphatic rings. The van der Waals surface area contributed by atoms with Crippen LogP contribution in [-0.4, -0.2) is 62.0 Å². The van der Waals surface area contributed by atoms with Crippen molar-refractivity contribution < 1.29 is 23.7 Å². The zero-order valence-corrected chi connectivity index (χ0v) is 24.1. The van der Waals surface area contributed by atoms with E-state index in [1.807, 2.05) is 53.6 Å². The first kappa shape index (κ1) is 27.1. The van der Waals surface area contributed by atoms with Crippen molar-refractivity contribution in [2.75, 3.05) is 34.0 Å². The molecule has 0 saturated carbocycles. The Labute approximate surface area is 243 Å². The molecule has 2 aliphatic heterocycles. The van der Waals surface area contributed by atoms with Crippen molar-refractivity contribution >= 4 is 39.4 Å². The van der Waals surface area contributed by atoms with Crippen LogP contribution in [0.4, 0.5) is 5.69 Å². The van der Waals surface area contributed by atoms with E-state index in [0.29, 0.717) is 41.7 Å². The van der Waals surface area contributed by atoms with Gasteiger partial charge >= 0.3 is 0 Å². The summed E-state index contributed by atoms with van der Waals surface area (Å²) < 4.78 is 24.4. The van der Waals surface area contributed by atoms with Gasteiger partial charge in [-0.3, -0.25) is 9.79 Å². The van der Waals surface area contributed by atoms with Crippen LogP contribution in [0.2, 0.25) is 0 Å². The van der Waals surface area contributed by atoms with Crippen LogP contribution in [-0.2, 0) is 0 Å². The SMILES string of the molecule is COc1cc(-c2nc3ccccc3s2)ccc1OCCCCCOc1cc2c(cc1OC)C(=O)N1CCC[C@H]1C=N2. The average molecular weight is 572 g/mol. The number of para-hydroxylation sites is 1. The second kappa shape index (κ2) is 12.2. The summed E-state index contributed by atoms with van der Waals surface area (Å²) in [6, 6.07) is 17.7. The molecular formula is C32H33N3O5S. The molecule has 0 N–H and O–H groups in total. The molecule has 0 unspecified atom stereocenters. The van der Waals surface area contributed by atoms with Gasteiger partial charge in [0, 0.05) is 24.4 Å². The lowest BCUT2D eigenvalue weighted by Gasteiger charge is -2.20. The fourth-order valence-electron chi connectivity index (χ4n) is 5.28. The number of unbranched alkanes of at least 4 members (excludes halogenated alkanes) is 2. The zero-order chi connectivity index (χ0) is 28.2. The van der Waals surface area contributed by atoms with E-state index >= 15 is 0 Å². The van der Waals surface area contributed by atoms with Crippen LogP contribution in [0.1, 0.15) is 42.5 Å². The number of aliphatic imine (C=N–C) groups is 1. The molecule has 1 saturated heterocycles. The largest absolute Gasteiger partial charge is 0.493 e. The standard InChI is InChI=1S/C32H33N3O5S/c1-37-27-17-21(31-34-24-10-4-5-11-30(24)41-31)12-13-26(27)39-15-6-3-7-16-40-29-19-25-23(18-28(29)38-2)32(36)35-14-8-9-22(35)20-33-25/h4-5,10-13,17-20,22H,3,6-9,14-16H2,1-2H3/t22-/m0/s1. The third-order valence-corrected chi connectivity index (χ3v) is 8.55. The van der Waals surface area contributed by atoms with E-state index in [-0.39, 0.29) is 11.9 Å². The summed E-state index contributed by atoms with van der Waals surface area (Å²) in [6.45, 7) is 1.87. The quantitative estimate of drug-likeness (QED) is 0.182. The molecule has 8 nitrogen and oxygen atoms in total. The maximum Gasteiger partial charge on any atom is 0.256 e. The van der Waals surface area contributed by atoms with Crippen LogP contribution in [0, 0.1) is 0 Å². The summed E-state index contributed by atoms with van der Waals surface area (Å²) in [5.41, 5.74) is 3.21. The number of methoxy groups -OCH3 is 2. The highest BCUT2D eigenvalue weighted by Crippen LogP contribution is 2.39. The Balaban J connectivity index is 0.996. The lowest BCUT2D eigenvalue weighted by Crippen LogP contribution is -2.35. The zero-order valence-electron chi connectivity index (χ0n) is 23.3. The summed E-state index contributed by atoms with van der Waals surface area (Å²) in [4.78, 5) is 24.3. The summed E-state index contributed by atoms with van der Waals surface area (Å²) in [5, 5.41) is 0.959. The minimum absolute atomic E-state index is 0.00729. The molecule has 6 rings (SSSR count). The Morgan fingerprint density at radius 1 is 0.902 bits per heavy atom. The number of carbonyl (C=O) groups excluding carboxylic acids is 1. The third-order valence-electron chi connectivity index (χ3n) is 7.47. The minimum atomic E-state index is 0.00729. The van der Waals surface area contributed by atoms with E-state index in [1.54, 1.807) is 31.6 Å². The summed E-state index contributed by atoms with van der Waals surface area (Å²) in [5.74, 6) is 2.58. The first-order valence-electron chi connectivity index (χ1n) is 14.0. The Kier molecular flexibility index (Phi) is 8.04. The molecule has 4 aromatic rings. The van der Waals surface area contributed by atoms with Crippen LogP contribution >= 0.6 is 11.3 Å². The van der Waals surface area contributed by atoms with Gasteiger partial charge in [0.1, 0.15) is 5.01 Å². The highest BCUT2D eigenvalue weighted by Gasteiger charge is 2.32. The lowest BCUT2D eigenvalue weighted by atomic mass is 10.1. The van der Waals surface area contributed by atoms with Crippen LogP contribution in [0.5, 0.6) is 23.0 Å². The number of ether oxygens (including phenoxy) is 4. The van der Waals surface area contributed by atoms with Crippen molar-refractivity contribution in [2.24, 2.45) is 4.99 Å². The maximum atomic E-state index is 13.0. The molecule has 9 heteroatoms. The number of fused-ring (bicyclic) bond motifs is 3. The van der Waals surface area contributed by atoms with E-state index in [4.69, 9.17) is 23.9 Å². The molecule has 0 spiro atoms. The molecule has 41 heavy (non-hydrogen) atoms. The predicted molar refractivity (Wildman–Crippen MR) is 162 cm³/mol. The topological polar surface area (TPSA) is 82.5 Å². The van der Waals surface area contributed by atoms with Gasteiger partial charge in [-0.15, -0.1) is 11.3 Å². The molecule has 0 radical (unpaired) electrons. The average Bonchev–Trinajstić information content (AvgIpc) is 3.64. The Morgan fingerprint density at radius 2 is 1.68 bits per heavy atom. The number of hydrogen-bond donors (Lipinski definition) is 0. The van der Waals surface area contributed by atoms with Gasteiger partial charge < -0.3 is 23.8 Å². The van der Waals surface area contributed by atoms with Crippen LogP contribution in [0.25, 0.3) is 20.8 Å². The smallest absolute Gasteiger partial charge is 0.256 e. The van der Waals surface area contributed by atoms with Crippen LogP contribution in [0.3, 0.4) is 0 Å². The van der Waals surface area contributed by atoms with Gasteiger partial charge in [-0.1, -0.05) is 12.1 Å². The maximum absolute atomic E-state index is 13.0. The molecule has 1 atom stereocenters. The normalized spacial score (nSPS) is 15.9. The Hall–Kier alpha value is -4.11. The van der Waals surface area contributed by atoms with Crippen molar-refractivity contribution in [3.63, 3.8) is 0 Å². The van der Waals surface area contributed by atoms with Gasteiger partial charge in [0.25, 0.3) is 5.91 Å². The number of carbonyl (C=O) groups is 1. The van der Waals surface area contributed by atoms with E-state index in [0.717, 1.165) is 65.2 Å². The fraction of sp³-hybridized carbons (Fsp3) is 0.344. The monoisotopic (exact) mass is 571 g/mol. The van der Waals surface area contributed by atoms with Crippen molar-refractivity contribution in [1.82, 2.24) is 9.88 Å². The van der Waals surface area contributed by atoms with E-state index in [1.165, 1.54) is 0 Å². The van der Waals surface area contributed by atoms with Gasteiger partial charge in [0.2, 0.25) is 0 Å². The first-order chi connectivity index (χ1) is 20.1. The molecule has 3 aromatic carbocycles. The van der Waals surface area contributed by atoms with Crippen molar-refractivity contribution in [1.29, 1.82) is 0 Å². The minimum Gasteiger partial charge on any atom is -0.493 e. The highest BCUT2D eigenvalue weighted by atomic mass is 32.1. The number of aromatic nitrogens is 1. The molecule has 1 amide bonds. The summed E-state index contributed by atoms with van der Waals surface area (Å²) in [7, 11) is 3.25. The number of thiazole rings is 1. The third kappa shape index (κ3) is 5.72. The number of rotatable bonds is 11. The molecular weight excluding hydrogens is 538 g/mol. The van der Waals surface area contributed by atoms with Crippen molar-refractivity contribution in [2.45, 2.75) is 38.1 Å². The highest BCUT2D eigenvalue weighted by molar-refractivity contribution is 7.21. The molecule has 212 valence electrons. The second-order valence-corrected chi connectivity index (χ2v) is 11.1. The molecule has 3 heterocycles. The van der Waals surface area contributed by atoms with Crippen molar-refractivity contribution in [3.05, 3.63) is 60.2 Å². The van der Waals surface area contributed by atoms with Gasteiger partial charge in [0.15, 0.2) is 23.0 Å². The number of benzene rings is 3. The van der Waals surface area contributed by atoms with Crippen molar-refractivity contribution in [3.8, 4) is 33.6 Å². The number of nitrogens with zero attached hydrogens (tertiary/aromatic N) is 3. The Bertz CT molecular complexity index is 1550. The molecule has 1 fully saturated rings. The number of amides is 1. The molecule has 0 bridgehead atoms. The lowest BCUT2D eigenvalue weighted by molar-refractivity contribution is 0.0774. The summed E-state index contributed by atoms with van der Waals surface area (Å²) >= 11 is 1.67. The predicted octanol–water partition coefficient (Wildman–Crippen LogP) is 6.93. The molecule has 0 aliphatic carbocycles. The van der Waals surface area contributed by atoms with E-state index < -0.39 is 0 Å². The van der Waals surface area contributed by atoms with Gasteiger partial charge in [-0.2, -0.15) is 0 Å². The van der Waals surface area contributed by atoms with E-state index in [9.17, 15) is 4.79 Å². The van der Waals surface area contributed by atoms with Crippen LogP contribution in [0.15, 0.2) is 59.6 Å². The Morgan fingerprint density at radius 3 is 2.49 bits per heavy atom. The van der Waals surface area contributed by atoms with E-state index in [2.05, 4.69) is 11.1 Å². The van der Waals surface area contributed by atoms with Gasteiger partial charge in [-0.25, -0.2) is 4.98 Å². The van der Waals surface area contributed by atoms with Gasteiger partial charge in [-0.05, 0) is 68.5 Å². The fourth-order valence-corrected chi connectivity index (χ4v) is 6.24. The summed E-state index contributed by atoms with van der Waals surface area (Å²) in [6.07, 6.45) is 6.52. The number of hydrogen-bond acceptors (Lipinski definition) is 8. The van der Waals surface area contributed by atoms with Crippen LogP contribution < -0.4 is 18.9 Å². The first-order valence-corrected chi connectivity index (χ1v) is 14.8. The van der Waals surface area contributed by atoms with Gasteiger partial charge in [0.05, 0.1) is 54.9 Å². The second-order valence-electron chi connectivity index (χ2n) is 10.1. The molecule has 1 aromatic heterocycles.